The van der Waals surface area contributed by atoms with Crippen molar-refractivity contribution in [3.63, 3.8) is 0 Å². The largest absolute Gasteiger partial charge is 0.492 e. The molecule has 1 aliphatic rings. The van der Waals surface area contributed by atoms with E-state index in [4.69, 9.17) is 9.47 Å². The van der Waals surface area contributed by atoms with Crippen LogP contribution in [0.5, 0.6) is 5.75 Å². The van der Waals surface area contributed by atoms with Crippen molar-refractivity contribution in [3.05, 3.63) is 62.9 Å². The zero-order valence-corrected chi connectivity index (χ0v) is 20.4. The van der Waals surface area contributed by atoms with Gasteiger partial charge < -0.3 is 30.3 Å². The normalized spacial score (nSPS) is 21.9. The van der Waals surface area contributed by atoms with E-state index in [9.17, 15) is 29.4 Å². The molecule has 0 saturated heterocycles. The third-order valence-electron chi connectivity index (χ3n) is 5.61. The maximum atomic E-state index is 12.7. The average Bonchev–Trinajstić information content (AvgIpc) is 2.80. The number of benzene rings is 1. The molecule has 0 bridgehead atoms. The van der Waals surface area contributed by atoms with Crippen molar-refractivity contribution in [1.29, 1.82) is 0 Å². The number of rotatable bonds is 7. The van der Waals surface area contributed by atoms with Gasteiger partial charge in [-0.25, -0.2) is 9.59 Å². The highest BCUT2D eigenvalue weighted by atomic mass is 16.6. The Labute approximate surface area is 207 Å². The molecule has 1 aliphatic carbocycles. The molecule has 2 amide bonds. The van der Waals surface area contributed by atoms with Crippen molar-refractivity contribution in [2.24, 2.45) is 0 Å². The highest BCUT2D eigenvalue weighted by Crippen LogP contribution is 2.28. The number of aromatic nitrogens is 2. The Morgan fingerprint density at radius 1 is 1.08 bits per heavy atom. The fraction of sp³-hybridized carbons (Fsp3) is 0.500. The van der Waals surface area contributed by atoms with Crippen LogP contribution in [-0.2, 0) is 4.74 Å². The molecule has 1 fully saturated rings. The number of hydrogen-bond acceptors (Lipinski definition) is 8. The third-order valence-corrected chi connectivity index (χ3v) is 5.61. The summed E-state index contributed by atoms with van der Waals surface area (Å²) in [6.45, 7) is 5.76. The SMILES string of the molecule is CC(C)(C)OC(=O)NCCOc1ccc(C(=O)N[C@@H]2CC[C@@H](n3ccc(=O)[nH]c3=O)[C@@H](O)[C@@H]2O)cc1. The molecule has 12 nitrogen and oxygen atoms in total. The second-order valence-corrected chi connectivity index (χ2v) is 9.52. The molecule has 3 rings (SSSR count). The molecule has 36 heavy (non-hydrogen) atoms. The zero-order valence-electron chi connectivity index (χ0n) is 20.4. The second-order valence-electron chi connectivity index (χ2n) is 9.52. The molecule has 5 N–H and O–H groups in total. The molecule has 12 heteroatoms. The number of hydrogen-bond donors (Lipinski definition) is 5. The number of H-pyrrole nitrogens is 1. The number of amides is 2. The number of nitrogens with one attached hydrogen (secondary N) is 3. The molecular weight excluding hydrogens is 472 g/mol. The summed E-state index contributed by atoms with van der Waals surface area (Å²) in [7, 11) is 0. The molecule has 2 aromatic rings. The van der Waals surface area contributed by atoms with E-state index in [1.165, 1.54) is 16.8 Å². The van der Waals surface area contributed by atoms with Crippen LogP contribution in [0, 0.1) is 0 Å². The summed E-state index contributed by atoms with van der Waals surface area (Å²) in [5.74, 6) is 0.0592. The minimum atomic E-state index is -1.32. The molecule has 0 aliphatic heterocycles. The van der Waals surface area contributed by atoms with Crippen molar-refractivity contribution in [2.45, 2.75) is 63.5 Å². The summed E-state index contributed by atoms with van der Waals surface area (Å²) < 4.78 is 11.9. The molecule has 0 spiro atoms. The predicted octanol–water partition coefficient (Wildman–Crippen LogP) is 0.295. The molecule has 196 valence electrons. The average molecular weight is 505 g/mol. The minimum absolute atomic E-state index is 0.205. The Hall–Kier alpha value is -3.64. The number of aliphatic hydroxyl groups excluding tert-OH is 2. The Bertz CT molecular complexity index is 1170. The molecule has 0 radical (unpaired) electrons. The van der Waals surface area contributed by atoms with Gasteiger partial charge in [0.1, 0.15) is 30.2 Å². The fourth-order valence-electron chi connectivity index (χ4n) is 3.90. The van der Waals surface area contributed by atoms with Crippen molar-refractivity contribution in [3.8, 4) is 5.75 Å². The minimum Gasteiger partial charge on any atom is -0.492 e. The van der Waals surface area contributed by atoms with E-state index in [2.05, 4.69) is 15.6 Å². The second kappa shape index (κ2) is 11.4. The Morgan fingerprint density at radius 3 is 2.42 bits per heavy atom. The number of carbonyl (C=O) groups excluding carboxylic acids is 2. The Balaban J connectivity index is 1.49. The first kappa shape index (κ1) is 27.0. The van der Waals surface area contributed by atoms with Crippen LogP contribution < -0.4 is 26.6 Å². The summed E-state index contributed by atoms with van der Waals surface area (Å²) >= 11 is 0. The number of ether oxygens (including phenoxy) is 2. The molecule has 1 saturated carbocycles. The molecule has 1 aromatic heterocycles. The van der Waals surface area contributed by atoms with Crippen molar-refractivity contribution < 1.29 is 29.3 Å². The van der Waals surface area contributed by atoms with Crippen LogP contribution in [0.2, 0.25) is 0 Å². The molecular formula is C24H32N4O8. The molecule has 0 unspecified atom stereocenters. The zero-order chi connectivity index (χ0) is 26.5. The lowest BCUT2D eigenvalue weighted by atomic mass is 9.85. The first-order chi connectivity index (χ1) is 16.9. The van der Waals surface area contributed by atoms with Crippen molar-refractivity contribution >= 4 is 12.0 Å². The van der Waals surface area contributed by atoms with E-state index in [0.717, 1.165) is 0 Å². The van der Waals surface area contributed by atoms with Crippen molar-refractivity contribution in [1.82, 2.24) is 20.2 Å². The predicted molar refractivity (Wildman–Crippen MR) is 129 cm³/mol. The van der Waals surface area contributed by atoms with Gasteiger partial charge in [-0.05, 0) is 57.9 Å². The van der Waals surface area contributed by atoms with Gasteiger partial charge >= 0.3 is 11.8 Å². The van der Waals surface area contributed by atoms with Crippen LogP contribution in [0.3, 0.4) is 0 Å². The fourth-order valence-corrected chi connectivity index (χ4v) is 3.90. The van der Waals surface area contributed by atoms with Crippen LogP contribution in [-0.4, -0.2) is 68.8 Å². The first-order valence-corrected chi connectivity index (χ1v) is 11.6. The number of carbonyl (C=O) groups is 2. The smallest absolute Gasteiger partial charge is 0.407 e. The van der Waals surface area contributed by atoms with E-state index in [1.807, 2.05) is 0 Å². The lowest BCUT2D eigenvalue weighted by Crippen LogP contribution is -2.55. The van der Waals surface area contributed by atoms with E-state index >= 15 is 0 Å². The van der Waals surface area contributed by atoms with Crippen LogP contribution in [0.4, 0.5) is 4.79 Å². The van der Waals surface area contributed by atoms with Crippen molar-refractivity contribution in [2.75, 3.05) is 13.2 Å². The van der Waals surface area contributed by atoms with Crippen LogP contribution in [0.25, 0.3) is 0 Å². The molecule has 1 aromatic carbocycles. The maximum absolute atomic E-state index is 12.7. The summed E-state index contributed by atoms with van der Waals surface area (Å²) in [5, 5.41) is 26.4. The Morgan fingerprint density at radius 2 is 1.78 bits per heavy atom. The summed E-state index contributed by atoms with van der Waals surface area (Å²) in [4.78, 5) is 49.7. The first-order valence-electron chi connectivity index (χ1n) is 11.6. The van der Waals surface area contributed by atoms with Gasteiger partial charge in [-0.3, -0.25) is 19.1 Å². The van der Waals surface area contributed by atoms with E-state index < -0.39 is 53.1 Å². The van der Waals surface area contributed by atoms with Gasteiger partial charge in [-0.15, -0.1) is 0 Å². The summed E-state index contributed by atoms with van der Waals surface area (Å²) in [6.07, 6.45) is -1.28. The third kappa shape index (κ3) is 7.18. The Kier molecular flexibility index (Phi) is 8.53. The molecule has 4 atom stereocenters. The summed E-state index contributed by atoms with van der Waals surface area (Å²) in [5.41, 5.74) is -1.49. The van der Waals surface area contributed by atoms with Gasteiger partial charge in [0.25, 0.3) is 11.5 Å². The van der Waals surface area contributed by atoms with Gasteiger partial charge in [0.15, 0.2) is 0 Å². The van der Waals surface area contributed by atoms with Crippen LogP contribution in [0.1, 0.15) is 50.0 Å². The monoisotopic (exact) mass is 504 g/mol. The number of aliphatic hydroxyl groups is 2. The van der Waals surface area contributed by atoms with Gasteiger partial charge in [0.05, 0.1) is 18.6 Å². The maximum Gasteiger partial charge on any atom is 0.407 e. The summed E-state index contributed by atoms with van der Waals surface area (Å²) in [6, 6.07) is 6.02. The molecule has 1 heterocycles. The van der Waals surface area contributed by atoms with Crippen LogP contribution >= 0.6 is 0 Å². The topological polar surface area (TPSA) is 172 Å². The highest BCUT2D eigenvalue weighted by molar-refractivity contribution is 5.94. The van der Waals surface area contributed by atoms with Gasteiger partial charge in [-0.2, -0.15) is 0 Å². The van der Waals surface area contributed by atoms with E-state index in [-0.39, 0.29) is 13.2 Å². The van der Waals surface area contributed by atoms with E-state index in [1.54, 1.807) is 45.0 Å². The van der Waals surface area contributed by atoms with Gasteiger partial charge in [0, 0.05) is 17.8 Å². The lowest BCUT2D eigenvalue weighted by molar-refractivity contribution is -0.0570. The number of nitrogens with zero attached hydrogens (tertiary/aromatic N) is 1. The van der Waals surface area contributed by atoms with Gasteiger partial charge in [-0.1, -0.05) is 0 Å². The van der Waals surface area contributed by atoms with Crippen LogP contribution in [0.15, 0.2) is 46.1 Å². The quantitative estimate of drug-likeness (QED) is 0.335. The number of aromatic amines is 1. The number of alkyl carbamates (subject to hydrolysis) is 1. The van der Waals surface area contributed by atoms with E-state index in [0.29, 0.717) is 24.2 Å². The van der Waals surface area contributed by atoms with Gasteiger partial charge in [0.2, 0.25) is 0 Å². The standard InChI is InChI=1S/C24H32N4O8/c1-24(2,3)36-23(34)25-11-13-35-15-6-4-14(5-7-15)21(32)26-16-8-9-17(20(31)19(16)30)28-12-10-18(29)27-22(28)33/h4-7,10,12,16-17,19-20,30-31H,8-9,11,13H2,1-3H3,(H,25,34)(H,26,32)(H,27,29,33)/t16-,17-,19-,20-/m1/s1. The highest BCUT2D eigenvalue weighted by Gasteiger charge is 2.39. The lowest BCUT2D eigenvalue weighted by Gasteiger charge is -2.38.